The minimum absolute atomic E-state index is 0.0550. The van der Waals surface area contributed by atoms with Gasteiger partial charge in [0.05, 0.1) is 18.7 Å². The lowest BCUT2D eigenvalue weighted by Gasteiger charge is -2.15. The summed E-state index contributed by atoms with van der Waals surface area (Å²) >= 11 is 0. The van der Waals surface area contributed by atoms with Crippen LogP contribution in [0.4, 0.5) is 4.39 Å². The summed E-state index contributed by atoms with van der Waals surface area (Å²) in [6.07, 6.45) is 2.18. The number of carbonyl (C=O) groups excluding carboxylic acids is 2. The molecule has 0 bridgehead atoms. The topological polar surface area (TPSA) is 62.6 Å². The van der Waals surface area contributed by atoms with E-state index in [2.05, 4.69) is 5.32 Å². The number of nitrogens with zero attached hydrogens (tertiary/aromatic N) is 1. The van der Waals surface area contributed by atoms with E-state index in [9.17, 15) is 14.0 Å². The van der Waals surface area contributed by atoms with Crippen molar-refractivity contribution in [1.29, 1.82) is 0 Å². The Balaban J connectivity index is 1.47. The first-order valence-electron chi connectivity index (χ1n) is 7.95. The Morgan fingerprint density at radius 3 is 2.88 bits per heavy atom. The maximum Gasteiger partial charge on any atom is 0.225 e. The summed E-state index contributed by atoms with van der Waals surface area (Å²) in [5.41, 5.74) is 0.569. The van der Waals surface area contributed by atoms with Gasteiger partial charge in [-0.3, -0.25) is 9.59 Å². The summed E-state index contributed by atoms with van der Waals surface area (Å²) in [5.74, 6) is -0.160. The smallest absolute Gasteiger partial charge is 0.225 e. The Morgan fingerprint density at radius 2 is 2.12 bits per heavy atom. The van der Waals surface area contributed by atoms with Crippen LogP contribution in [0.1, 0.15) is 17.7 Å². The monoisotopic (exact) mass is 330 g/mol. The van der Waals surface area contributed by atoms with Crippen molar-refractivity contribution < 1.29 is 18.4 Å². The van der Waals surface area contributed by atoms with Gasteiger partial charge in [0.25, 0.3) is 0 Å². The number of benzene rings is 1. The Hall–Kier alpha value is -2.63. The van der Waals surface area contributed by atoms with E-state index in [1.54, 1.807) is 41.5 Å². The van der Waals surface area contributed by atoms with Crippen LogP contribution in [0.25, 0.3) is 0 Å². The highest BCUT2D eigenvalue weighted by molar-refractivity contribution is 5.89. The second-order valence-electron chi connectivity index (χ2n) is 5.89. The molecule has 2 amide bonds. The van der Waals surface area contributed by atoms with Crippen LogP contribution >= 0.6 is 0 Å². The molecule has 0 radical (unpaired) electrons. The Kier molecular flexibility index (Phi) is 4.93. The van der Waals surface area contributed by atoms with Gasteiger partial charge in [-0.1, -0.05) is 18.2 Å². The van der Waals surface area contributed by atoms with E-state index in [4.69, 9.17) is 4.42 Å². The van der Waals surface area contributed by atoms with E-state index in [0.29, 0.717) is 37.4 Å². The van der Waals surface area contributed by atoms with Gasteiger partial charge in [0, 0.05) is 19.5 Å². The molecular formula is C18H19FN2O3. The number of furan rings is 1. The third-order valence-corrected chi connectivity index (χ3v) is 4.16. The normalized spacial score (nSPS) is 17.3. The highest BCUT2D eigenvalue weighted by Gasteiger charge is 2.34. The number of hydrogen-bond donors (Lipinski definition) is 1. The lowest BCUT2D eigenvalue weighted by molar-refractivity contribution is -0.129. The number of carbonyl (C=O) groups is 2. The molecule has 6 heteroatoms. The number of nitrogens with one attached hydrogen (secondary N) is 1. The van der Waals surface area contributed by atoms with Crippen molar-refractivity contribution >= 4 is 11.8 Å². The highest BCUT2D eigenvalue weighted by atomic mass is 19.1. The Labute approximate surface area is 139 Å². The average molecular weight is 330 g/mol. The van der Waals surface area contributed by atoms with Crippen LogP contribution in [0, 0.1) is 11.7 Å². The van der Waals surface area contributed by atoms with Crippen LogP contribution in [-0.4, -0.2) is 29.8 Å². The minimum atomic E-state index is -0.368. The number of halogens is 1. The molecule has 1 unspecified atom stereocenters. The minimum Gasteiger partial charge on any atom is -0.467 e. The fraction of sp³-hybridized carbons (Fsp3) is 0.333. The zero-order valence-electron chi connectivity index (χ0n) is 13.2. The first-order valence-corrected chi connectivity index (χ1v) is 7.95. The van der Waals surface area contributed by atoms with Gasteiger partial charge in [0.15, 0.2) is 0 Å². The number of rotatable bonds is 6. The molecule has 1 fully saturated rings. The molecule has 1 aromatic carbocycles. The molecule has 126 valence electrons. The lowest BCUT2D eigenvalue weighted by Crippen LogP contribution is -2.34. The van der Waals surface area contributed by atoms with Crippen molar-refractivity contribution in [3.8, 4) is 0 Å². The molecule has 1 N–H and O–H groups in total. The number of amides is 2. The van der Waals surface area contributed by atoms with Gasteiger partial charge in [-0.15, -0.1) is 0 Å². The van der Waals surface area contributed by atoms with Gasteiger partial charge in [0.2, 0.25) is 11.8 Å². The molecule has 1 aliphatic rings. The van der Waals surface area contributed by atoms with Gasteiger partial charge in [0.1, 0.15) is 11.6 Å². The Morgan fingerprint density at radius 1 is 1.29 bits per heavy atom. The van der Waals surface area contributed by atoms with E-state index < -0.39 is 0 Å². The second-order valence-corrected chi connectivity index (χ2v) is 5.89. The number of hydrogen-bond acceptors (Lipinski definition) is 3. The SMILES string of the molecule is O=C(NCCc1ccccc1F)C1CC(=O)N(Cc2ccco2)C1. The van der Waals surface area contributed by atoms with E-state index in [1.807, 2.05) is 0 Å². The number of likely N-dealkylation sites (tertiary alicyclic amines) is 1. The van der Waals surface area contributed by atoms with Crippen LogP contribution in [-0.2, 0) is 22.6 Å². The summed E-state index contributed by atoms with van der Waals surface area (Å²) < 4.78 is 18.8. The largest absolute Gasteiger partial charge is 0.467 e. The molecule has 1 saturated heterocycles. The quantitative estimate of drug-likeness (QED) is 0.882. The second kappa shape index (κ2) is 7.29. The maximum absolute atomic E-state index is 13.5. The van der Waals surface area contributed by atoms with E-state index in [-0.39, 0.29) is 30.0 Å². The molecule has 1 aliphatic heterocycles. The van der Waals surface area contributed by atoms with Gasteiger partial charge < -0.3 is 14.6 Å². The summed E-state index contributed by atoms with van der Waals surface area (Å²) in [7, 11) is 0. The summed E-state index contributed by atoms with van der Waals surface area (Å²) in [5, 5.41) is 2.79. The van der Waals surface area contributed by atoms with Crippen molar-refractivity contribution in [2.75, 3.05) is 13.1 Å². The molecule has 24 heavy (non-hydrogen) atoms. The van der Waals surface area contributed by atoms with Crippen LogP contribution in [0.5, 0.6) is 0 Å². The standard InChI is InChI=1S/C18H19FN2O3/c19-16-6-2-1-4-13(16)7-8-20-18(23)14-10-17(22)21(11-14)12-15-5-3-9-24-15/h1-6,9,14H,7-8,10-12H2,(H,20,23). The molecular weight excluding hydrogens is 311 g/mol. The molecule has 2 aromatic rings. The maximum atomic E-state index is 13.5. The highest BCUT2D eigenvalue weighted by Crippen LogP contribution is 2.20. The zero-order valence-corrected chi connectivity index (χ0v) is 13.2. The van der Waals surface area contributed by atoms with Crippen LogP contribution in [0.3, 0.4) is 0 Å². The molecule has 0 spiro atoms. The molecule has 0 saturated carbocycles. The van der Waals surface area contributed by atoms with E-state index >= 15 is 0 Å². The third-order valence-electron chi connectivity index (χ3n) is 4.16. The van der Waals surface area contributed by atoms with Crippen molar-refractivity contribution in [2.45, 2.75) is 19.4 Å². The predicted octanol–water partition coefficient (Wildman–Crippen LogP) is 2.13. The van der Waals surface area contributed by atoms with Gasteiger partial charge >= 0.3 is 0 Å². The third kappa shape index (κ3) is 3.82. The van der Waals surface area contributed by atoms with E-state index in [1.165, 1.54) is 6.07 Å². The average Bonchev–Trinajstić information content (AvgIpc) is 3.20. The molecule has 5 nitrogen and oxygen atoms in total. The molecule has 1 atom stereocenters. The predicted molar refractivity (Wildman–Crippen MR) is 85.3 cm³/mol. The zero-order chi connectivity index (χ0) is 16.9. The lowest BCUT2D eigenvalue weighted by atomic mass is 10.1. The molecule has 2 heterocycles. The van der Waals surface area contributed by atoms with Crippen LogP contribution in [0.15, 0.2) is 47.1 Å². The van der Waals surface area contributed by atoms with Crippen LogP contribution in [0.2, 0.25) is 0 Å². The van der Waals surface area contributed by atoms with Gasteiger partial charge in [-0.25, -0.2) is 4.39 Å². The first kappa shape index (κ1) is 16.2. The Bertz CT molecular complexity index is 715. The first-order chi connectivity index (χ1) is 11.6. The summed E-state index contributed by atoms with van der Waals surface area (Å²) in [6.45, 7) is 1.11. The molecule has 1 aromatic heterocycles. The van der Waals surface area contributed by atoms with E-state index in [0.717, 1.165) is 0 Å². The molecule has 3 rings (SSSR count). The fourth-order valence-corrected chi connectivity index (χ4v) is 2.86. The van der Waals surface area contributed by atoms with Crippen molar-refractivity contribution in [3.05, 3.63) is 59.8 Å². The van der Waals surface area contributed by atoms with Crippen molar-refractivity contribution in [3.63, 3.8) is 0 Å². The van der Waals surface area contributed by atoms with Crippen molar-refractivity contribution in [2.24, 2.45) is 5.92 Å². The van der Waals surface area contributed by atoms with Crippen molar-refractivity contribution in [1.82, 2.24) is 10.2 Å². The fourth-order valence-electron chi connectivity index (χ4n) is 2.86. The van der Waals surface area contributed by atoms with Gasteiger partial charge in [-0.2, -0.15) is 0 Å². The van der Waals surface area contributed by atoms with Crippen LogP contribution < -0.4 is 5.32 Å². The summed E-state index contributed by atoms with van der Waals surface area (Å²) in [6, 6.07) is 10.1. The van der Waals surface area contributed by atoms with Gasteiger partial charge in [-0.05, 0) is 30.2 Å². The molecule has 0 aliphatic carbocycles. The summed E-state index contributed by atoms with van der Waals surface area (Å²) in [4.78, 5) is 25.8.